The van der Waals surface area contributed by atoms with Crippen LogP contribution < -0.4 is 5.32 Å². The van der Waals surface area contributed by atoms with Gasteiger partial charge in [0.1, 0.15) is 0 Å². The molecule has 1 N–H and O–H groups in total. The Labute approximate surface area is 162 Å². The third kappa shape index (κ3) is 3.48. The Bertz CT molecular complexity index is 1130. The Hall–Kier alpha value is -3.55. The number of rotatable bonds is 5. The van der Waals surface area contributed by atoms with E-state index >= 15 is 0 Å². The third-order valence-electron chi connectivity index (χ3n) is 4.51. The minimum atomic E-state index is -0.188. The highest BCUT2D eigenvalue weighted by atomic mass is 16.1. The molecule has 1 amide bonds. The molecule has 1 atom stereocenters. The molecule has 0 saturated heterocycles. The van der Waals surface area contributed by atoms with Gasteiger partial charge in [-0.05, 0) is 44.5 Å². The minimum Gasteiger partial charge on any atom is -0.349 e. The topological polar surface area (TPSA) is 90.0 Å². The Kier molecular flexibility index (Phi) is 4.60. The lowest BCUT2D eigenvalue weighted by Crippen LogP contribution is -2.29. The first kappa shape index (κ1) is 17.8. The van der Waals surface area contributed by atoms with Gasteiger partial charge in [-0.15, -0.1) is 5.10 Å². The average molecular weight is 375 g/mol. The van der Waals surface area contributed by atoms with Crippen LogP contribution >= 0.6 is 0 Å². The van der Waals surface area contributed by atoms with E-state index in [2.05, 4.69) is 25.5 Å². The summed E-state index contributed by atoms with van der Waals surface area (Å²) in [6.07, 6.45) is 3.70. The molecule has 3 aromatic heterocycles. The van der Waals surface area contributed by atoms with Crippen molar-refractivity contribution in [3.63, 3.8) is 0 Å². The molecule has 142 valence electrons. The van der Waals surface area contributed by atoms with Gasteiger partial charge in [0.15, 0.2) is 5.82 Å². The number of nitrogens with one attached hydrogen (secondary N) is 1. The zero-order valence-electron chi connectivity index (χ0n) is 16.0. The molecule has 8 nitrogen and oxygen atoms in total. The second kappa shape index (κ2) is 7.22. The van der Waals surface area contributed by atoms with E-state index in [1.54, 1.807) is 15.4 Å². The number of benzene rings is 1. The van der Waals surface area contributed by atoms with E-state index in [0.717, 1.165) is 22.6 Å². The maximum atomic E-state index is 12.6. The fraction of sp³-hybridized carbons (Fsp3) is 0.250. The summed E-state index contributed by atoms with van der Waals surface area (Å²) in [6, 6.07) is 11.5. The van der Waals surface area contributed by atoms with Gasteiger partial charge in [-0.25, -0.2) is 14.2 Å². The molecule has 8 heteroatoms. The van der Waals surface area contributed by atoms with E-state index in [4.69, 9.17) is 0 Å². The molecule has 28 heavy (non-hydrogen) atoms. The Balaban J connectivity index is 1.51. The molecule has 0 unspecified atom stereocenters. The smallest absolute Gasteiger partial charge is 0.252 e. The van der Waals surface area contributed by atoms with E-state index in [1.807, 2.05) is 63.4 Å². The summed E-state index contributed by atoms with van der Waals surface area (Å²) in [5.74, 6) is 0.816. The Morgan fingerprint density at radius 3 is 2.79 bits per heavy atom. The van der Waals surface area contributed by atoms with Gasteiger partial charge in [0.2, 0.25) is 5.91 Å². The van der Waals surface area contributed by atoms with Gasteiger partial charge < -0.3 is 5.32 Å². The van der Waals surface area contributed by atoms with Gasteiger partial charge in [0.05, 0.1) is 18.2 Å². The molecule has 0 aliphatic rings. The van der Waals surface area contributed by atoms with Crippen LogP contribution in [0.25, 0.3) is 11.5 Å². The van der Waals surface area contributed by atoms with Crippen molar-refractivity contribution >= 4 is 11.7 Å². The largest absolute Gasteiger partial charge is 0.349 e. The fourth-order valence-electron chi connectivity index (χ4n) is 3.27. The van der Waals surface area contributed by atoms with Crippen molar-refractivity contribution in [2.75, 3.05) is 0 Å². The van der Waals surface area contributed by atoms with Crippen molar-refractivity contribution in [2.45, 2.75) is 33.2 Å². The monoisotopic (exact) mass is 375 g/mol. The number of hydrogen-bond donors (Lipinski definition) is 1. The van der Waals surface area contributed by atoms with Crippen molar-refractivity contribution in [1.29, 1.82) is 0 Å². The molecule has 4 aromatic rings. The first-order valence-corrected chi connectivity index (χ1v) is 9.09. The number of aryl methyl sites for hydroxylation is 2. The predicted octanol–water partition coefficient (Wildman–Crippen LogP) is 2.35. The normalized spacial score (nSPS) is 12.2. The number of fused-ring (bicyclic) bond motifs is 1. The molecule has 3 heterocycles. The highest BCUT2D eigenvalue weighted by Crippen LogP contribution is 2.21. The van der Waals surface area contributed by atoms with E-state index in [9.17, 15) is 4.79 Å². The van der Waals surface area contributed by atoms with Crippen molar-refractivity contribution in [2.24, 2.45) is 0 Å². The Morgan fingerprint density at radius 1 is 1.18 bits per heavy atom. The SMILES string of the molecule is Cc1cc(C)n2nc(CC(=O)N[C@@H](C)c3ccccc3-n3cccn3)nc2n1. The van der Waals surface area contributed by atoms with Crippen molar-refractivity contribution < 1.29 is 4.79 Å². The lowest BCUT2D eigenvalue weighted by Gasteiger charge is -2.17. The molecular weight excluding hydrogens is 354 g/mol. The molecule has 0 saturated carbocycles. The zero-order chi connectivity index (χ0) is 19.7. The van der Waals surface area contributed by atoms with Crippen LogP contribution in [0.2, 0.25) is 0 Å². The van der Waals surface area contributed by atoms with E-state index in [1.165, 1.54) is 0 Å². The number of aromatic nitrogens is 6. The molecule has 0 bridgehead atoms. The van der Waals surface area contributed by atoms with Crippen LogP contribution in [0.4, 0.5) is 0 Å². The first-order valence-electron chi connectivity index (χ1n) is 9.09. The summed E-state index contributed by atoms with van der Waals surface area (Å²) < 4.78 is 3.45. The summed E-state index contributed by atoms with van der Waals surface area (Å²) in [5.41, 5.74) is 3.72. The maximum Gasteiger partial charge on any atom is 0.252 e. The van der Waals surface area contributed by atoms with Gasteiger partial charge in [0.25, 0.3) is 5.78 Å². The molecule has 0 radical (unpaired) electrons. The highest BCUT2D eigenvalue weighted by molar-refractivity contribution is 5.78. The van der Waals surface area contributed by atoms with Gasteiger partial charge in [-0.2, -0.15) is 10.1 Å². The number of carbonyl (C=O) groups is 1. The number of nitrogens with zero attached hydrogens (tertiary/aromatic N) is 6. The average Bonchev–Trinajstić information content (AvgIpc) is 3.31. The van der Waals surface area contributed by atoms with E-state index in [0.29, 0.717) is 11.6 Å². The third-order valence-corrected chi connectivity index (χ3v) is 4.51. The second-order valence-corrected chi connectivity index (χ2v) is 6.75. The number of para-hydroxylation sites is 1. The van der Waals surface area contributed by atoms with Crippen molar-refractivity contribution in [1.82, 2.24) is 34.7 Å². The van der Waals surface area contributed by atoms with Crippen LogP contribution in [-0.2, 0) is 11.2 Å². The van der Waals surface area contributed by atoms with Crippen LogP contribution in [0.3, 0.4) is 0 Å². The quantitative estimate of drug-likeness (QED) is 0.578. The van der Waals surface area contributed by atoms with Gasteiger partial charge in [-0.1, -0.05) is 18.2 Å². The van der Waals surface area contributed by atoms with Crippen LogP contribution in [-0.4, -0.2) is 35.3 Å². The Morgan fingerprint density at radius 2 is 2.00 bits per heavy atom. The standard InChI is InChI=1S/C20H21N7O/c1-13-11-14(2)27-20(22-13)24-18(25-27)12-19(28)23-15(3)16-7-4-5-8-17(16)26-10-6-9-21-26/h4-11,15H,12H2,1-3H3,(H,23,28)/t15-/m0/s1. The van der Waals surface area contributed by atoms with Crippen LogP contribution in [0.15, 0.2) is 48.8 Å². The molecule has 1 aromatic carbocycles. The van der Waals surface area contributed by atoms with Crippen molar-refractivity contribution in [3.8, 4) is 5.69 Å². The first-order chi connectivity index (χ1) is 13.5. The molecule has 0 fully saturated rings. The molecule has 0 aliphatic carbocycles. The number of carbonyl (C=O) groups excluding carboxylic acids is 1. The molecular formula is C20H21N7O. The lowest BCUT2D eigenvalue weighted by atomic mass is 10.1. The summed E-state index contributed by atoms with van der Waals surface area (Å²) >= 11 is 0. The molecule has 0 spiro atoms. The summed E-state index contributed by atoms with van der Waals surface area (Å²) in [6.45, 7) is 5.80. The van der Waals surface area contributed by atoms with Gasteiger partial charge in [0, 0.05) is 23.8 Å². The van der Waals surface area contributed by atoms with E-state index in [-0.39, 0.29) is 18.4 Å². The highest BCUT2D eigenvalue weighted by Gasteiger charge is 2.17. The number of amides is 1. The minimum absolute atomic E-state index is 0.0934. The van der Waals surface area contributed by atoms with Crippen molar-refractivity contribution in [3.05, 3.63) is 71.6 Å². The lowest BCUT2D eigenvalue weighted by molar-refractivity contribution is -0.121. The molecule has 0 aliphatic heterocycles. The maximum absolute atomic E-state index is 12.6. The summed E-state index contributed by atoms with van der Waals surface area (Å²) in [7, 11) is 0. The predicted molar refractivity (Wildman–Crippen MR) is 104 cm³/mol. The summed E-state index contributed by atoms with van der Waals surface area (Å²) in [4.78, 5) is 21.3. The zero-order valence-corrected chi connectivity index (χ0v) is 16.0. The van der Waals surface area contributed by atoms with Gasteiger partial charge in [-0.3, -0.25) is 4.79 Å². The molecule has 4 rings (SSSR count). The van der Waals surface area contributed by atoms with Crippen LogP contribution in [0.5, 0.6) is 0 Å². The fourth-order valence-corrected chi connectivity index (χ4v) is 3.27. The van der Waals surface area contributed by atoms with E-state index < -0.39 is 0 Å². The second-order valence-electron chi connectivity index (χ2n) is 6.75. The van der Waals surface area contributed by atoms with Crippen LogP contribution in [0.1, 0.15) is 35.7 Å². The van der Waals surface area contributed by atoms with Crippen LogP contribution in [0, 0.1) is 13.8 Å². The number of hydrogen-bond acceptors (Lipinski definition) is 5. The summed E-state index contributed by atoms with van der Waals surface area (Å²) in [5, 5.41) is 11.7. The van der Waals surface area contributed by atoms with Gasteiger partial charge >= 0.3 is 0 Å².